The van der Waals surface area contributed by atoms with Crippen LogP contribution >= 0.6 is 0 Å². The molecule has 2 heterocycles. The molecule has 22 heavy (non-hydrogen) atoms. The van der Waals surface area contributed by atoms with Crippen LogP contribution in [0, 0.1) is 0 Å². The fraction of sp³-hybridized carbons (Fsp3) is 0.600. The van der Waals surface area contributed by atoms with E-state index in [0.29, 0.717) is 13.1 Å². The molecule has 0 N–H and O–H groups in total. The summed E-state index contributed by atoms with van der Waals surface area (Å²) in [5, 5.41) is 0. The van der Waals surface area contributed by atoms with Gasteiger partial charge in [-0.25, -0.2) is 8.42 Å². The van der Waals surface area contributed by atoms with Crippen LogP contribution in [0.2, 0.25) is 0 Å². The van der Waals surface area contributed by atoms with Crippen LogP contribution in [0.15, 0.2) is 24.3 Å². The van der Waals surface area contributed by atoms with Gasteiger partial charge in [0.25, 0.3) is 0 Å². The third-order valence-corrected chi connectivity index (χ3v) is 6.65. The first kappa shape index (κ1) is 16.0. The van der Waals surface area contributed by atoms with E-state index in [1.165, 1.54) is 4.31 Å². The minimum atomic E-state index is -2.99. The molecule has 0 aromatic heterocycles. The summed E-state index contributed by atoms with van der Waals surface area (Å²) in [6.07, 6.45) is 0. The topological polar surface area (TPSA) is 55.8 Å². The quantitative estimate of drug-likeness (QED) is 0.783. The van der Waals surface area contributed by atoms with E-state index >= 15 is 0 Å². The molecule has 1 aromatic rings. The number of hydrogen-bond acceptors (Lipinski definition) is 4. The van der Waals surface area contributed by atoms with Crippen molar-refractivity contribution in [2.24, 2.45) is 0 Å². The van der Waals surface area contributed by atoms with Crippen molar-refractivity contribution in [3.8, 4) is 0 Å². The van der Waals surface area contributed by atoms with Gasteiger partial charge in [-0.05, 0) is 38.7 Å². The number of benzene rings is 1. The highest BCUT2D eigenvalue weighted by atomic mass is 32.2. The summed E-state index contributed by atoms with van der Waals surface area (Å²) in [4.78, 5) is 0. The molecule has 0 atom stereocenters. The molecule has 0 spiro atoms. The Morgan fingerprint density at radius 2 is 1.64 bits per heavy atom. The van der Waals surface area contributed by atoms with Crippen LogP contribution < -0.4 is 5.46 Å². The Labute approximate surface area is 132 Å². The Bertz CT molecular complexity index is 653. The highest BCUT2D eigenvalue weighted by Crippen LogP contribution is 2.36. The first-order chi connectivity index (χ1) is 10.1. The molecule has 1 aromatic carbocycles. The Kier molecular flexibility index (Phi) is 3.68. The summed E-state index contributed by atoms with van der Waals surface area (Å²) < 4.78 is 36.6. The zero-order valence-electron chi connectivity index (χ0n) is 13.5. The molecule has 3 rings (SSSR count). The molecule has 0 bridgehead atoms. The van der Waals surface area contributed by atoms with Crippen molar-refractivity contribution in [2.75, 3.05) is 12.3 Å². The molecule has 0 unspecified atom stereocenters. The highest BCUT2D eigenvalue weighted by molar-refractivity contribution is 7.90. The molecule has 0 amide bonds. The number of rotatable bonds is 3. The molecule has 2 fully saturated rings. The van der Waals surface area contributed by atoms with Crippen LogP contribution in [0.25, 0.3) is 0 Å². The maximum atomic E-state index is 11.5. The molecule has 2 aliphatic rings. The lowest BCUT2D eigenvalue weighted by molar-refractivity contribution is 0.00578. The predicted octanol–water partition coefficient (Wildman–Crippen LogP) is 1.13. The van der Waals surface area contributed by atoms with Gasteiger partial charge in [-0.1, -0.05) is 24.3 Å². The van der Waals surface area contributed by atoms with E-state index in [1.807, 2.05) is 52.0 Å². The Morgan fingerprint density at radius 3 is 2.05 bits per heavy atom. The summed E-state index contributed by atoms with van der Waals surface area (Å²) >= 11 is 0. The van der Waals surface area contributed by atoms with Gasteiger partial charge < -0.3 is 9.31 Å². The van der Waals surface area contributed by atoms with E-state index in [2.05, 4.69) is 0 Å². The van der Waals surface area contributed by atoms with Crippen molar-refractivity contribution >= 4 is 22.6 Å². The van der Waals surface area contributed by atoms with Crippen molar-refractivity contribution in [3.05, 3.63) is 29.8 Å². The second-order valence-corrected chi connectivity index (χ2v) is 9.07. The lowest BCUT2D eigenvalue weighted by Gasteiger charge is -2.32. The zero-order chi connectivity index (χ0) is 16.2. The van der Waals surface area contributed by atoms with Crippen molar-refractivity contribution < 1.29 is 17.7 Å². The normalized spacial score (nSPS) is 25.9. The van der Waals surface area contributed by atoms with Crippen LogP contribution in [0.1, 0.15) is 33.3 Å². The molecule has 5 nitrogen and oxygen atoms in total. The van der Waals surface area contributed by atoms with Gasteiger partial charge in [0, 0.05) is 13.1 Å². The Morgan fingerprint density at radius 1 is 1.09 bits per heavy atom. The number of hydrogen-bond donors (Lipinski definition) is 0. The molecular weight excluding hydrogens is 301 g/mol. The summed E-state index contributed by atoms with van der Waals surface area (Å²) in [5.74, 6) is 0.263. The van der Waals surface area contributed by atoms with E-state index < -0.39 is 10.0 Å². The predicted molar refractivity (Wildman–Crippen MR) is 86.4 cm³/mol. The second-order valence-electron chi connectivity index (χ2n) is 6.98. The summed E-state index contributed by atoms with van der Waals surface area (Å²) in [5.41, 5.74) is 1.21. The monoisotopic (exact) mass is 323 g/mol. The van der Waals surface area contributed by atoms with Gasteiger partial charge in [-0.15, -0.1) is 0 Å². The van der Waals surface area contributed by atoms with Crippen molar-refractivity contribution in [2.45, 2.75) is 45.4 Å². The van der Waals surface area contributed by atoms with Crippen molar-refractivity contribution in [1.29, 1.82) is 0 Å². The molecule has 0 aliphatic carbocycles. The summed E-state index contributed by atoms with van der Waals surface area (Å²) in [7, 11) is -3.38. The SMILES string of the molecule is CC1(C)OB(c2ccc(CN3CCS3(=O)=O)cc2)OC1(C)C. The third kappa shape index (κ3) is 2.71. The number of sulfonamides is 1. The van der Waals surface area contributed by atoms with Gasteiger partial charge in [0.05, 0.1) is 17.0 Å². The average Bonchev–Trinajstić information content (AvgIpc) is 2.64. The van der Waals surface area contributed by atoms with Crippen molar-refractivity contribution in [3.63, 3.8) is 0 Å². The van der Waals surface area contributed by atoms with Gasteiger partial charge in [-0.2, -0.15) is 4.31 Å². The highest BCUT2D eigenvalue weighted by Gasteiger charge is 2.51. The largest absolute Gasteiger partial charge is 0.494 e. The third-order valence-electron chi connectivity index (χ3n) is 4.86. The first-order valence-electron chi connectivity index (χ1n) is 7.53. The van der Waals surface area contributed by atoms with Gasteiger partial charge >= 0.3 is 7.12 Å². The van der Waals surface area contributed by atoms with E-state index in [4.69, 9.17) is 9.31 Å². The Balaban J connectivity index is 1.70. The van der Waals surface area contributed by atoms with E-state index in [0.717, 1.165) is 11.0 Å². The molecule has 2 saturated heterocycles. The van der Waals surface area contributed by atoms with Crippen LogP contribution in [-0.4, -0.2) is 43.3 Å². The average molecular weight is 323 g/mol. The standard InChI is InChI=1S/C15H22BNO4S/c1-14(2)15(3,4)21-16(20-14)13-7-5-12(6-8-13)11-17-9-10-22(17,18)19/h5-8H,9-11H2,1-4H3. The van der Waals surface area contributed by atoms with E-state index in [1.54, 1.807) is 0 Å². The van der Waals surface area contributed by atoms with Crippen LogP contribution in [0.5, 0.6) is 0 Å². The lowest BCUT2D eigenvalue weighted by atomic mass is 9.79. The number of nitrogens with zero attached hydrogens (tertiary/aromatic N) is 1. The van der Waals surface area contributed by atoms with E-state index in [-0.39, 0.29) is 24.1 Å². The second kappa shape index (κ2) is 5.06. The smallest absolute Gasteiger partial charge is 0.399 e. The van der Waals surface area contributed by atoms with Gasteiger partial charge in [0.2, 0.25) is 10.0 Å². The minimum absolute atomic E-state index is 0.263. The maximum Gasteiger partial charge on any atom is 0.494 e. The summed E-state index contributed by atoms with van der Waals surface area (Å²) in [6, 6.07) is 7.77. The van der Waals surface area contributed by atoms with Crippen LogP contribution in [0.4, 0.5) is 0 Å². The Hall–Kier alpha value is -0.885. The molecule has 120 valence electrons. The van der Waals surface area contributed by atoms with Crippen molar-refractivity contribution in [1.82, 2.24) is 4.31 Å². The van der Waals surface area contributed by atoms with Gasteiger partial charge in [-0.3, -0.25) is 0 Å². The maximum absolute atomic E-state index is 11.5. The molecule has 7 heteroatoms. The molecule has 0 radical (unpaired) electrons. The zero-order valence-corrected chi connectivity index (χ0v) is 14.3. The first-order valence-corrected chi connectivity index (χ1v) is 9.14. The molecular formula is C15H22BNO4S. The van der Waals surface area contributed by atoms with Crippen LogP contribution in [0.3, 0.4) is 0 Å². The van der Waals surface area contributed by atoms with Crippen LogP contribution in [-0.2, 0) is 25.9 Å². The van der Waals surface area contributed by atoms with E-state index in [9.17, 15) is 8.42 Å². The lowest BCUT2D eigenvalue weighted by Crippen LogP contribution is -2.46. The molecule has 0 saturated carbocycles. The fourth-order valence-corrected chi connectivity index (χ4v) is 3.59. The minimum Gasteiger partial charge on any atom is -0.399 e. The molecule has 2 aliphatic heterocycles. The summed E-state index contributed by atoms with van der Waals surface area (Å²) in [6.45, 7) is 9.14. The van der Waals surface area contributed by atoms with Gasteiger partial charge in [0.15, 0.2) is 0 Å². The fourth-order valence-electron chi connectivity index (χ4n) is 2.51. The van der Waals surface area contributed by atoms with Gasteiger partial charge in [0.1, 0.15) is 0 Å².